The summed E-state index contributed by atoms with van der Waals surface area (Å²) in [6, 6.07) is 5.34. The summed E-state index contributed by atoms with van der Waals surface area (Å²) in [6.07, 6.45) is 4.36. The van der Waals surface area contributed by atoms with Crippen LogP contribution in [0, 0.1) is 0 Å². The summed E-state index contributed by atoms with van der Waals surface area (Å²) in [7, 11) is 0. The molecule has 1 aliphatic heterocycles. The van der Waals surface area contributed by atoms with Gasteiger partial charge in [0.25, 0.3) is 0 Å². The van der Waals surface area contributed by atoms with Crippen molar-refractivity contribution in [2.24, 2.45) is 5.73 Å². The average Bonchev–Trinajstić information content (AvgIpc) is 2.76. The molecule has 0 radical (unpaired) electrons. The smallest absolute Gasteiger partial charge is 0.243 e. The van der Waals surface area contributed by atoms with Crippen molar-refractivity contribution in [2.75, 3.05) is 5.32 Å². The van der Waals surface area contributed by atoms with E-state index in [1.807, 2.05) is 6.07 Å². The van der Waals surface area contributed by atoms with Gasteiger partial charge < -0.3 is 15.6 Å². The van der Waals surface area contributed by atoms with Crippen LogP contribution < -0.4 is 11.1 Å². The lowest BCUT2D eigenvalue weighted by atomic mass is 10.1. The Kier molecular flexibility index (Phi) is 4.60. The van der Waals surface area contributed by atoms with Crippen LogP contribution in [0.1, 0.15) is 38.9 Å². The lowest BCUT2D eigenvalue weighted by Crippen LogP contribution is -2.45. The van der Waals surface area contributed by atoms with E-state index < -0.39 is 5.54 Å². The van der Waals surface area contributed by atoms with Crippen LogP contribution in [-0.4, -0.2) is 26.2 Å². The van der Waals surface area contributed by atoms with Crippen molar-refractivity contribution >= 4 is 23.2 Å². The Labute approximate surface area is 146 Å². The molecule has 1 amide bonds. The maximum absolute atomic E-state index is 12.1. The molecule has 0 saturated heterocycles. The number of fused-ring (bicyclic) bond motifs is 1. The second-order valence-corrected chi connectivity index (χ2v) is 7.18. The molecule has 3 rings (SSSR count). The van der Waals surface area contributed by atoms with Gasteiger partial charge in [-0.1, -0.05) is 18.0 Å². The molecule has 6 nitrogen and oxygen atoms in total. The van der Waals surface area contributed by atoms with Gasteiger partial charge >= 0.3 is 0 Å². The molecule has 1 aromatic carbocycles. The number of rotatable bonds is 3. The van der Waals surface area contributed by atoms with E-state index in [4.69, 9.17) is 17.3 Å². The van der Waals surface area contributed by atoms with E-state index in [1.54, 1.807) is 26.0 Å². The maximum atomic E-state index is 12.1. The van der Waals surface area contributed by atoms with E-state index in [1.165, 1.54) is 6.42 Å². The van der Waals surface area contributed by atoms with Crippen molar-refractivity contribution in [3.63, 3.8) is 0 Å². The zero-order valence-electron chi connectivity index (χ0n) is 14.0. The van der Waals surface area contributed by atoms with Crippen molar-refractivity contribution in [3.05, 3.63) is 29.0 Å². The van der Waals surface area contributed by atoms with Crippen LogP contribution in [0.25, 0.3) is 11.4 Å². The average molecular weight is 348 g/mol. The zero-order chi connectivity index (χ0) is 17.3. The highest BCUT2D eigenvalue weighted by atomic mass is 35.5. The third-order valence-corrected chi connectivity index (χ3v) is 4.49. The summed E-state index contributed by atoms with van der Waals surface area (Å²) >= 11 is 6.38. The Bertz CT molecular complexity index is 763. The van der Waals surface area contributed by atoms with Gasteiger partial charge in [-0.25, -0.2) is 0 Å². The summed E-state index contributed by atoms with van der Waals surface area (Å²) in [5.74, 6) is 1.49. The molecule has 3 N–H and O–H groups in total. The molecule has 128 valence electrons. The topological polar surface area (TPSA) is 85.8 Å². The van der Waals surface area contributed by atoms with Gasteiger partial charge in [0.15, 0.2) is 5.82 Å². The first kappa shape index (κ1) is 16.9. The van der Waals surface area contributed by atoms with Gasteiger partial charge in [-0.3, -0.25) is 4.79 Å². The third kappa shape index (κ3) is 3.44. The van der Waals surface area contributed by atoms with E-state index in [0.717, 1.165) is 43.0 Å². The van der Waals surface area contributed by atoms with E-state index in [-0.39, 0.29) is 5.91 Å². The van der Waals surface area contributed by atoms with E-state index in [9.17, 15) is 4.79 Å². The molecule has 2 aromatic rings. The number of anilines is 1. The number of aryl methyl sites for hydroxylation is 1. The van der Waals surface area contributed by atoms with E-state index in [2.05, 4.69) is 20.1 Å². The molecule has 0 unspecified atom stereocenters. The molecule has 1 aromatic heterocycles. The first-order valence-electron chi connectivity index (χ1n) is 8.18. The van der Waals surface area contributed by atoms with Crippen LogP contribution in [0.3, 0.4) is 0 Å². The zero-order valence-corrected chi connectivity index (χ0v) is 14.7. The molecule has 2 heterocycles. The minimum atomic E-state index is -0.953. The lowest BCUT2D eigenvalue weighted by molar-refractivity contribution is -0.120. The number of aromatic nitrogens is 3. The normalized spacial score (nSPS) is 14.8. The minimum Gasteiger partial charge on any atom is -0.324 e. The van der Waals surface area contributed by atoms with Gasteiger partial charge in [0, 0.05) is 24.2 Å². The maximum Gasteiger partial charge on any atom is 0.243 e. The van der Waals surface area contributed by atoms with Crippen LogP contribution in [0.2, 0.25) is 5.02 Å². The molecule has 0 atom stereocenters. The van der Waals surface area contributed by atoms with Crippen LogP contribution in [0.4, 0.5) is 5.69 Å². The van der Waals surface area contributed by atoms with Crippen molar-refractivity contribution in [3.8, 4) is 11.4 Å². The largest absolute Gasteiger partial charge is 0.324 e. The predicted molar refractivity (Wildman–Crippen MR) is 94.9 cm³/mol. The molecule has 0 saturated carbocycles. The number of benzene rings is 1. The van der Waals surface area contributed by atoms with Crippen molar-refractivity contribution in [1.29, 1.82) is 0 Å². The van der Waals surface area contributed by atoms with Gasteiger partial charge in [0.1, 0.15) is 5.82 Å². The Morgan fingerprint density at radius 3 is 2.83 bits per heavy atom. The molecule has 0 aliphatic carbocycles. The summed E-state index contributed by atoms with van der Waals surface area (Å²) in [5.41, 5.74) is 6.29. The Morgan fingerprint density at radius 1 is 1.29 bits per heavy atom. The summed E-state index contributed by atoms with van der Waals surface area (Å²) in [4.78, 5) is 12.1. The fourth-order valence-electron chi connectivity index (χ4n) is 2.75. The number of carbonyl (C=O) groups is 1. The molecule has 0 bridgehead atoms. The second kappa shape index (κ2) is 6.53. The monoisotopic (exact) mass is 347 g/mol. The highest BCUT2D eigenvalue weighted by Crippen LogP contribution is 2.31. The van der Waals surface area contributed by atoms with Crippen LogP contribution in [0.5, 0.6) is 0 Å². The number of hydrogen-bond acceptors (Lipinski definition) is 4. The van der Waals surface area contributed by atoms with Crippen molar-refractivity contribution in [1.82, 2.24) is 14.8 Å². The molecule has 0 fully saturated rings. The van der Waals surface area contributed by atoms with Gasteiger partial charge in [-0.05, 0) is 44.9 Å². The van der Waals surface area contributed by atoms with Gasteiger partial charge in [0.05, 0.1) is 10.6 Å². The van der Waals surface area contributed by atoms with E-state index >= 15 is 0 Å². The van der Waals surface area contributed by atoms with Crippen LogP contribution in [-0.2, 0) is 17.8 Å². The first-order valence-corrected chi connectivity index (χ1v) is 8.56. The number of carbonyl (C=O) groups excluding carboxylic acids is 1. The minimum absolute atomic E-state index is 0.254. The van der Waals surface area contributed by atoms with Crippen LogP contribution >= 0.6 is 11.6 Å². The van der Waals surface area contributed by atoms with Gasteiger partial charge in [0.2, 0.25) is 5.91 Å². The molecular weight excluding hydrogens is 326 g/mol. The predicted octanol–water partition coefficient (Wildman–Crippen LogP) is 3.00. The lowest BCUT2D eigenvalue weighted by Gasteiger charge is -2.18. The van der Waals surface area contributed by atoms with Crippen molar-refractivity contribution < 1.29 is 4.79 Å². The Hall–Kier alpha value is -1.92. The number of nitrogens with two attached hydrogens (primary N) is 1. The van der Waals surface area contributed by atoms with Gasteiger partial charge in [-0.15, -0.1) is 10.2 Å². The van der Waals surface area contributed by atoms with Crippen molar-refractivity contribution in [2.45, 2.75) is 51.6 Å². The fourth-order valence-corrected chi connectivity index (χ4v) is 2.95. The first-order chi connectivity index (χ1) is 11.4. The van der Waals surface area contributed by atoms with Gasteiger partial charge in [-0.2, -0.15) is 0 Å². The Balaban J connectivity index is 1.96. The molecule has 1 aliphatic rings. The highest BCUT2D eigenvalue weighted by Gasteiger charge is 2.23. The highest BCUT2D eigenvalue weighted by molar-refractivity contribution is 6.33. The number of amides is 1. The number of halogens is 1. The summed E-state index contributed by atoms with van der Waals surface area (Å²) in [5, 5.41) is 12.0. The number of nitrogens with one attached hydrogen (secondary N) is 1. The summed E-state index contributed by atoms with van der Waals surface area (Å²) in [6.45, 7) is 4.22. The fraction of sp³-hybridized carbons (Fsp3) is 0.471. The van der Waals surface area contributed by atoms with E-state index in [0.29, 0.717) is 10.7 Å². The quantitative estimate of drug-likeness (QED) is 0.893. The summed E-state index contributed by atoms with van der Waals surface area (Å²) < 4.78 is 2.13. The number of nitrogens with zero attached hydrogens (tertiary/aromatic N) is 3. The Morgan fingerprint density at radius 2 is 2.08 bits per heavy atom. The second-order valence-electron chi connectivity index (χ2n) is 6.77. The molecular formula is C17H22ClN5O. The molecule has 0 spiro atoms. The third-order valence-electron chi connectivity index (χ3n) is 4.16. The van der Waals surface area contributed by atoms with Crippen LogP contribution in [0.15, 0.2) is 18.2 Å². The number of hydrogen-bond donors (Lipinski definition) is 2. The standard InChI is InChI=1S/C17H22ClN5O/c1-17(2,19)16(24)20-11-7-8-13(18)12(10-11)15-22-21-14-6-4-3-5-9-23(14)15/h7-8,10H,3-6,9,19H2,1-2H3,(H,20,24). The molecule has 7 heteroatoms. The molecule has 24 heavy (non-hydrogen) atoms. The SMILES string of the molecule is CC(C)(N)C(=O)Nc1ccc(Cl)c(-c2nnc3n2CCCCC3)c1.